The van der Waals surface area contributed by atoms with Crippen LogP contribution in [0.3, 0.4) is 0 Å². The fourth-order valence-electron chi connectivity index (χ4n) is 2.53. The van der Waals surface area contributed by atoms with Crippen LogP contribution in [0.5, 0.6) is 0 Å². The molecule has 0 aromatic heterocycles. The van der Waals surface area contributed by atoms with Crippen molar-refractivity contribution in [2.45, 2.75) is 46.6 Å². The van der Waals surface area contributed by atoms with Crippen molar-refractivity contribution in [3.63, 3.8) is 0 Å². The number of nitrogens with zero attached hydrogens (tertiary/aromatic N) is 2. The molecule has 1 unspecified atom stereocenters. The molecule has 1 fully saturated rings. The van der Waals surface area contributed by atoms with Crippen LogP contribution < -0.4 is 16.0 Å². The van der Waals surface area contributed by atoms with Gasteiger partial charge in [0.15, 0.2) is 5.96 Å². The molecule has 1 aliphatic rings. The molecule has 0 saturated carbocycles. The Bertz CT molecular complexity index is 448. The van der Waals surface area contributed by atoms with E-state index in [4.69, 9.17) is 0 Å². The highest BCUT2D eigenvalue weighted by Gasteiger charge is 2.28. The molecule has 0 aromatic rings. The third-order valence-corrected chi connectivity index (χ3v) is 4.00. The minimum absolute atomic E-state index is 0.0299. The first kappa shape index (κ1) is 19.3. The summed E-state index contributed by atoms with van der Waals surface area (Å²) in [6.07, 6.45) is 1.45. The van der Waals surface area contributed by atoms with Gasteiger partial charge in [-0.05, 0) is 27.2 Å². The SMILES string of the molecule is CCNC(=NCC(C)(C)C(=O)NC)NC1CCN(C(=O)CC)C1. The Morgan fingerprint density at radius 3 is 2.57 bits per heavy atom. The molecule has 23 heavy (non-hydrogen) atoms. The van der Waals surface area contributed by atoms with Gasteiger partial charge >= 0.3 is 0 Å². The second kappa shape index (κ2) is 8.74. The summed E-state index contributed by atoms with van der Waals surface area (Å²) in [5.41, 5.74) is -0.559. The lowest BCUT2D eigenvalue weighted by Gasteiger charge is -2.22. The molecule has 1 rings (SSSR count). The van der Waals surface area contributed by atoms with E-state index in [1.807, 2.05) is 32.6 Å². The van der Waals surface area contributed by atoms with E-state index in [-0.39, 0.29) is 17.9 Å². The van der Waals surface area contributed by atoms with Gasteiger partial charge in [-0.25, -0.2) is 0 Å². The van der Waals surface area contributed by atoms with E-state index in [1.54, 1.807) is 7.05 Å². The quantitative estimate of drug-likeness (QED) is 0.485. The molecule has 0 bridgehead atoms. The molecule has 1 aliphatic heterocycles. The first-order chi connectivity index (χ1) is 10.8. The zero-order valence-electron chi connectivity index (χ0n) is 15.0. The van der Waals surface area contributed by atoms with Crippen molar-refractivity contribution in [3.8, 4) is 0 Å². The maximum absolute atomic E-state index is 11.8. The van der Waals surface area contributed by atoms with Gasteiger partial charge in [-0.2, -0.15) is 0 Å². The summed E-state index contributed by atoms with van der Waals surface area (Å²) in [5, 5.41) is 9.24. The largest absolute Gasteiger partial charge is 0.359 e. The molecule has 1 saturated heterocycles. The van der Waals surface area contributed by atoms with E-state index in [9.17, 15) is 9.59 Å². The lowest BCUT2D eigenvalue weighted by atomic mass is 9.93. The number of rotatable bonds is 6. The predicted octanol–water partition coefficient (Wildman–Crippen LogP) is 0.325. The van der Waals surface area contributed by atoms with Crippen molar-refractivity contribution < 1.29 is 9.59 Å². The average Bonchev–Trinajstić information content (AvgIpc) is 2.99. The molecule has 3 N–H and O–H groups in total. The maximum atomic E-state index is 11.8. The molecule has 2 amide bonds. The maximum Gasteiger partial charge on any atom is 0.227 e. The van der Waals surface area contributed by atoms with Gasteiger partial charge in [0.25, 0.3) is 0 Å². The molecule has 0 radical (unpaired) electrons. The normalized spacial score (nSPS) is 18.7. The van der Waals surface area contributed by atoms with Crippen LogP contribution in [-0.4, -0.2) is 61.9 Å². The van der Waals surface area contributed by atoms with Gasteiger partial charge in [0.2, 0.25) is 11.8 Å². The zero-order valence-corrected chi connectivity index (χ0v) is 15.0. The first-order valence-electron chi connectivity index (χ1n) is 8.38. The minimum Gasteiger partial charge on any atom is -0.359 e. The minimum atomic E-state index is -0.559. The number of aliphatic imine (C=N–C) groups is 1. The van der Waals surface area contributed by atoms with Crippen LogP contribution in [-0.2, 0) is 9.59 Å². The highest BCUT2D eigenvalue weighted by Crippen LogP contribution is 2.15. The van der Waals surface area contributed by atoms with E-state index >= 15 is 0 Å². The van der Waals surface area contributed by atoms with Crippen molar-refractivity contribution in [2.24, 2.45) is 10.4 Å². The summed E-state index contributed by atoms with van der Waals surface area (Å²) in [4.78, 5) is 30.0. The summed E-state index contributed by atoms with van der Waals surface area (Å²) in [6.45, 7) is 10.3. The fourth-order valence-corrected chi connectivity index (χ4v) is 2.53. The fraction of sp³-hybridized carbons (Fsp3) is 0.812. The first-order valence-corrected chi connectivity index (χ1v) is 8.38. The van der Waals surface area contributed by atoms with Gasteiger partial charge in [-0.15, -0.1) is 0 Å². The van der Waals surface area contributed by atoms with Gasteiger partial charge in [0.1, 0.15) is 0 Å². The van der Waals surface area contributed by atoms with Crippen molar-refractivity contribution in [2.75, 3.05) is 33.2 Å². The molecule has 1 heterocycles. The van der Waals surface area contributed by atoms with E-state index in [2.05, 4.69) is 20.9 Å². The van der Waals surface area contributed by atoms with Gasteiger partial charge < -0.3 is 20.9 Å². The molecule has 132 valence electrons. The summed E-state index contributed by atoms with van der Waals surface area (Å²) in [5.74, 6) is 0.856. The molecule has 0 aromatic carbocycles. The van der Waals surface area contributed by atoms with Crippen LogP contribution >= 0.6 is 0 Å². The average molecular weight is 325 g/mol. The van der Waals surface area contributed by atoms with Crippen LogP contribution in [0.15, 0.2) is 4.99 Å². The van der Waals surface area contributed by atoms with Crippen LogP contribution in [0, 0.1) is 5.41 Å². The molecular weight excluding hydrogens is 294 g/mol. The number of amides is 2. The number of carbonyl (C=O) groups excluding carboxylic acids is 2. The van der Waals surface area contributed by atoms with Gasteiger partial charge in [0, 0.05) is 39.1 Å². The van der Waals surface area contributed by atoms with E-state index in [0.717, 1.165) is 19.5 Å². The lowest BCUT2D eigenvalue weighted by molar-refractivity contribution is -0.130. The van der Waals surface area contributed by atoms with Crippen molar-refractivity contribution in [3.05, 3.63) is 0 Å². The van der Waals surface area contributed by atoms with Gasteiger partial charge in [-0.1, -0.05) is 6.92 Å². The van der Waals surface area contributed by atoms with E-state index in [0.29, 0.717) is 25.5 Å². The third-order valence-electron chi connectivity index (χ3n) is 4.00. The second-order valence-electron chi connectivity index (χ2n) is 6.48. The van der Waals surface area contributed by atoms with Gasteiger partial charge in [0.05, 0.1) is 12.0 Å². The Morgan fingerprint density at radius 2 is 2.00 bits per heavy atom. The third kappa shape index (κ3) is 5.73. The Kier molecular flexibility index (Phi) is 7.32. The highest BCUT2D eigenvalue weighted by atomic mass is 16.2. The Hall–Kier alpha value is -1.79. The van der Waals surface area contributed by atoms with Crippen LogP contribution in [0.25, 0.3) is 0 Å². The van der Waals surface area contributed by atoms with Crippen LogP contribution in [0.1, 0.15) is 40.5 Å². The molecule has 0 aliphatic carbocycles. The number of hydrogen-bond donors (Lipinski definition) is 3. The molecular formula is C16H31N5O2. The second-order valence-corrected chi connectivity index (χ2v) is 6.48. The topological polar surface area (TPSA) is 85.8 Å². The number of guanidine groups is 1. The summed E-state index contributed by atoms with van der Waals surface area (Å²) < 4.78 is 0. The number of nitrogens with one attached hydrogen (secondary N) is 3. The monoisotopic (exact) mass is 325 g/mol. The Balaban J connectivity index is 2.63. The van der Waals surface area contributed by atoms with Crippen molar-refractivity contribution in [1.29, 1.82) is 0 Å². The van der Waals surface area contributed by atoms with Crippen LogP contribution in [0.4, 0.5) is 0 Å². The van der Waals surface area contributed by atoms with Crippen LogP contribution in [0.2, 0.25) is 0 Å². The number of hydrogen-bond acceptors (Lipinski definition) is 3. The summed E-state index contributed by atoms with van der Waals surface area (Å²) in [6, 6.07) is 0.200. The Morgan fingerprint density at radius 1 is 1.30 bits per heavy atom. The standard InChI is InChI=1S/C16H31N5O2/c1-6-13(22)21-9-8-12(10-21)20-15(18-7-2)19-11-16(3,4)14(23)17-5/h12H,6-11H2,1-5H3,(H,17,23)(H2,18,19,20). The number of carbonyl (C=O) groups is 2. The highest BCUT2D eigenvalue weighted by molar-refractivity contribution is 5.83. The van der Waals surface area contributed by atoms with E-state index in [1.165, 1.54) is 0 Å². The predicted molar refractivity (Wildman–Crippen MR) is 92.2 cm³/mol. The summed E-state index contributed by atoms with van der Waals surface area (Å²) >= 11 is 0. The zero-order chi connectivity index (χ0) is 17.5. The molecule has 7 heteroatoms. The molecule has 0 spiro atoms. The number of likely N-dealkylation sites (tertiary alicyclic amines) is 1. The van der Waals surface area contributed by atoms with Crippen molar-refractivity contribution in [1.82, 2.24) is 20.9 Å². The Labute approximate surface area is 139 Å². The lowest BCUT2D eigenvalue weighted by Crippen LogP contribution is -2.46. The molecule has 7 nitrogen and oxygen atoms in total. The van der Waals surface area contributed by atoms with Crippen molar-refractivity contribution >= 4 is 17.8 Å². The summed E-state index contributed by atoms with van der Waals surface area (Å²) in [7, 11) is 1.63. The van der Waals surface area contributed by atoms with E-state index < -0.39 is 5.41 Å². The molecule has 1 atom stereocenters. The van der Waals surface area contributed by atoms with Gasteiger partial charge in [-0.3, -0.25) is 14.6 Å². The smallest absolute Gasteiger partial charge is 0.227 e.